The molecule has 0 saturated carbocycles. The minimum atomic E-state index is 0.721. The summed E-state index contributed by atoms with van der Waals surface area (Å²) < 4.78 is 0. The molecule has 1 nitrogen and oxygen atoms in total. The van der Waals surface area contributed by atoms with Crippen LogP contribution in [0.3, 0.4) is 0 Å². The first-order valence-electron chi connectivity index (χ1n) is 8.59. The Bertz CT molecular complexity index is 506. The number of para-hydroxylation sites is 1. The minimum absolute atomic E-state index is 0.721. The van der Waals surface area contributed by atoms with Crippen molar-refractivity contribution < 1.29 is 0 Å². The molecule has 0 aliphatic carbocycles. The van der Waals surface area contributed by atoms with Crippen LogP contribution >= 0.6 is 0 Å². The number of anilines is 1. The van der Waals surface area contributed by atoms with Crippen molar-refractivity contribution >= 4 is 5.69 Å². The van der Waals surface area contributed by atoms with E-state index < -0.39 is 0 Å². The number of hydrogen-bond acceptors (Lipinski definition) is 1. The molecule has 0 amide bonds. The molecule has 0 heterocycles. The summed E-state index contributed by atoms with van der Waals surface area (Å²) >= 11 is 0. The standard InChI is InChI=1S/C21H29N/c1-3-4-7-14-20(17-19-12-8-5-9-13-19)18-22(2)21-15-10-6-11-16-21/h5-6,8-13,15-16,20H,3-4,7,14,17-18H2,1-2H3. The van der Waals surface area contributed by atoms with E-state index in [2.05, 4.69) is 79.5 Å². The van der Waals surface area contributed by atoms with Crippen LogP contribution in [0.1, 0.15) is 38.2 Å². The van der Waals surface area contributed by atoms with Gasteiger partial charge in [0.2, 0.25) is 0 Å². The minimum Gasteiger partial charge on any atom is -0.374 e. The van der Waals surface area contributed by atoms with Crippen molar-refractivity contribution in [2.24, 2.45) is 5.92 Å². The molecule has 2 aromatic carbocycles. The van der Waals surface area contributed by atoms with Crippen LogP contribution in [0.25, 0.3) is 0 Å². The number of nitrogens with zero attached hydrogens (tertiary/aromatic N) is 1. The van der Waals surface area contributed by atoms with Crippen molar-refractivity contribution in [2.45, 2.75) is 39.0 Å². The summed E-state index contributed by atoms with van der Waals surface area (Å²) in [6, 6.07) is 21.6. The average molecular weight is 295 g/mol. The van der Waals surface area contributed by atoms with E-state index in [0.29, 0.717) is 0 Å². The quantitative estimate of drug-likeness (QED) is 0.547. The van der Waals surface area contributed by atoms with Crippen LogP contribution in [0.4, 0.5) is 5.69 Å². The maximum Gasteiger partial charge on any atom is 0.0363 e. The van der Waals surface area contributed by atoms with Crippen molar-refractivity contribution in [3.05, 3.63) is 66.2 Å². The van der Waals surface area contributed by atoms with Crippen molar-refractivity contribution in [3.63, 3.8) is 0 Å². The third kappa shape index (κ3) is 5.55. The molecule has 0 aliphatic rings. The van der Waals surface area contributed by atoms with Gasteiger partial charge in [-0.25, -0.2) is 0 Å². The summed E-state index contributed by atoms with van der Waals surface area (Å²) in [6.07, 6.45) is 6.49. The predicted molar refractivity (Wildman–Crippen MR) is 97.5 cm³/mol. The van der Waals surface area contributed by atoms with Crippen LogP contribution in [-0.4, -0.2) is 13.6 Å². The van der Waals surface area contributed by atoms with E-state index in [0.717, 1.165) is 12.5 Å². The molecule has 1 heteroatoms. The normalized spacial score (nSPS) is 12.1. The van der Waals surface area contributed by atoms with E-state index in [1.54, 1.807) is 0 Å². The number of unbranched alkanes of at least 4 members (excludes halogenated alkanes) is 2. The van der Waals surface area contributed by atoms with Gasteiger partial charge in [0.1, 0.15) is 0 Å². The number of benzene rings is 2. The van der Waals surface area contributed by atoms with Gasteiger partial charge < -0.3 is 4.90 Å². The molecular formula is C21H29N. The highest BCUT2D eigenvalue weighted by atomic mass is 15.1. The van der Waals surface area contributed by atoms with E-state index >= 15 is 0 Å². The summed E-state index contributed by atoms with van der Waals surface area (Å²) in [6.45, 7) is 3.41. The Morgan fingerprint density at radius 2 is 1.50 bits per heavy atom. The highest BCUT2D eigenvalue weighted by molar-refractivity contribution is 5.45. The molecule has 22 heavy (non-hydrogen) atoms. The van der Waals surface area contributed by atoms with Crippen molar-refractivity contribution in [1.82, 2.24) is 0 Å². The fourth-order valence-corrected chi connectivity index (χ4v) is 3.06. The topological polar surface area (TPSA) is 3.24 Å². The zero-order valence-electron chi connectivity index (χ0n) is 14.0. The zero-order valence-corrected chi connectivity index (χ0v) is 14.0. The summed E-state index contributed by atoms with van der Waals surface area (Å²) in [5.41, 5.74) is 2.78. The zero-order chi connectivity index (χ0) is 15.6. The fourth-order valence-electron chi connectivity index (χ4n) is 3.06. The van der Waals surface area contributed by atoms with E-state index in [9.17, 15) is 0 Å². The molecule has 0 aliphatic heterocycles. The Labute approximate surface area is 136 Å². The van der Waals surface area contributed by atoms with Crippen molar-refractivity contribution in [2.75, 3.05) is 18.5 Å². The molecule has 0 N–H and O–H groups in total. The first-order valence-corrected chi connectivity index (χ1v) is 8.59. The van der Waals surface area contributed by atoms with Crippen molar-refractivity contribution in [1.29, 1.82) is 0 Å². The fraction of sp³-hybridized carbons (Fsp3) is 0.429. The lowest BCUT2D eigenvalue weighted by Gasteiger charge is -2.26. The molecule has 118 valence electrons. The molecule has 1 unspecified atom stereocenters. The molecular weight excluding hydrogens is 266 g/mol. The highest BCUT2D eigenvalue weighted by Crippen LogP contribution is 2.20. The van der Waals surface area contributed by atoms with Gasteiger partial charge in [-0.15, -0.1) is 0 Å². The summed E-state index contributed by atoms with van der Waals surface area (Å²) in [5, 5.41) is 0. The molecule has 0 bridgehead atoms. The average Bonchev–Trinajstić information content (AvgIpc) is 2.56. The molecule has 2 rings (SSSR count). The Balaban J connectivity index is 1.97. The van der Waals surface area contributed by atoms with Gasteiger partial charge in [0.15, 0.2) is 0 Å². The van der Waals surface area contributed by atoms with Gasteiger partial charge >= 0.3 is 0 Å². The van der Waals surface area contributed by atoms with E-state index in [-0.39, 0.29) is 0 Å². The van der Waals surface area contributed by atoms with Crippen LogP contribution in [0, 0.1) is 5.92 Å². The smallest absolute Gasteiger partial charge is 0.0363 e. The maximum atomic E-state index is 2.40. The number of hydrogen-bond donors (Lipinski definition) is 0. The van der Waals surface area contributed by atoms with Gasteiger partial charge in [-0.05, 0) is 36.5 Å². The second kappa shape index (κ2) is 9.30. The van der Waals surface area contributed by atoms with Gasteiger partial charge in [-0.2, -0.15) is 0 Å². The summed E-state index contributed by atoms with van der Waals surface area (Å²) in [5.74, 6) is 0.721. The van der Waals surface area contributed by atoms with Gasteiger partial charge in [0, 0.05) is 19.3 Å². The highest BCUT2D eigenvalue weighted by Gasteiger charge is 2.13. The number of rotatable bonds is 9. The van der Waals surface area contributed by atoms with Crippen LogP contribution in [-0.2, 0) is 6.42 Å². The van der Waals surface area contributed by atoms with Crippen LogP contribution in [0.5, 0.6) is 0 Å². The van der Waals surface area contributed by atoms with E-state index in [1.165, 1.54) is 43.4 Å². The maximum absolute atomic E-state index is 2.40. The molecule has 2 aromatic rings. The molecule has 0 radical (unpaired) electrons. The first-order chi connectivity index (χ1) is 10.8. The molecule has 0 aromatic heterocycles. The van der Waals surface area contributed by atoms with Gasteiger partial charge in [-0.1, -0.05) is 74.7 Å². The summed E-state index contributed by atoms with van der Waals surface area (Å²) in [4.78, 5) is 2.40. The Morgan fingerprint density at radius 3 is 2.14 bits per heavy atom. The summed E-state index contributed by atoms with van der Waals surface area (Å²) in [7, 11) is 2.22. The van der Waals surface area contributed by atoms with Gasteiger partial charge in [0.05, 0.1) is 0 Å². The third-order valence-electron chi connectivity index (χ3n) is 4.31. The lowest BCUT2D eigenvalue weighted by Crippen LogP contribution is -2.26. The monoisotopic (exact) mass is 295 g/mol. The molecule has 0 fully saturated rings. The Kier molecular flexibility index (Phi) is 7.02. The van der Waals surface area contributed by atoms with Crippen LogP contribution in [0.2, 0.25) is 0 Å². The molecule has 1 atom stereocenters. The Morgan fingerprint density at radius 1 is 0.864 bits per heavy atom. The molecule has 0 saturated heterocycles. The third-order valence-corrected chi connectivity index (χ3v) is 4.31. The van der Waals surface area contributed by atoms with Gasteiger partial charge in [-0.3, -0.25) is 0 Å². The molecule has 0 spiro atoms. The van der Waals surface area contributed by atoms with Crippen LogP contribution in [0.15, 0.2) is 60.7 Å². The second-order valence-corrected chi connectivity index (χ2v) is 6.27. The Hall–Kier alpha value is -1.76. The van der Waals surface area contributed by atoms with E-state index in [1.807, 2.05) is 0 Å². The van der Waals surface area contributed by atoms with Gasteiger partial charge in [0.25, 0.3) is 0 Å². The van der Waals surface area contributed by atoms with E-state index in [4.69, 9.17) is 0 Å². The lowest BCUT2D eigenvalue weighted by molar-refractivity contribution is 0.457. The first kappa shape index (κ1) is 16.6. The van der Waals surface area contributed by atoms with Crippen LogP contribution < -0.4 is 4.90 Å². The second-order valence-electron chi connectivity index (χ2n) is 6.27. The predicted octanol–water partition coefficient (Wildman–Crippen LogP) is 5.56. The largest absolute Gasteiger partial charge is 0.374 e. The lowest BCUT2D eigenvalue weighted by atomic mass is 9.93. The SMILES string of the molecule is CCCCCC(Cc1ccccc1)CN(C)c1ccccc1. The van der Waals surface area contributed by atoms with Crippen molar-refractivity contribution in [3.8, 4) is 0 Å².